The zero-order valence-electron chi connectivity index (χ0n) is 14.5. The van der Waals surface area contributed by atoms with Crippen molar-refractivity contribution in [3.8, 4) is 17.2 Å². The number of carbonyl (C=O) groups is 1. The van der Waals surface area contributed by atoms with E-state index in [1.807, 2.05) is 42.5 Å². The number of ether oxygens (including phenoxy) is 3. The maximum absolute atomic E-state index is 12.3. The van der Waals surface area contributed by atoms with Crippen molar-refractivity contribution in [2.75, 3.05) is 27.4 Å². The molecule has 1 aliphatic heterocycles. The molecular formula is C19H22N2O4. The molecule has 0 aliphatic carbocycles. The van der Waals surface area contributed by atoms with Gasteiger partial charge in [-0.1, -0.05) is 12.1 Å². The average molecular weight is 342 g/mol. The van der Waals surface area contributed by atoms with Crippen molar-refractivity contribution in [1.29, 1.82) is 0 Å². The molecule has 2 aromatic rings. The minimum atomic E-state index is -0.100. The molecule has 1 aliphatic rings. The molecule has 6 heteroatoms. The monoisotopic (exact) mass is 342 g/mol. The number of urea groups is 1. The first-order valence-corrected chi connectivity index (χ1v) is 8.15. The lowest BCUT2D eigenvalue weighted by atomic mass is 10.1. The number of fused-ring (bicyclic) bond motifs is 1. The molecule has 0 atom stereocenters. The molecule has 6 nitrogen and oxygen atoms in total. The summed E-state index contributed by atoms with van der Waals surface area (Å²) in [6.07, 6.45) is 0. The molecule has 0 saturated heterocycles. The Kier molecular flexibility index (Phi) is 5.28. The number of carbonyl (C=O) groups excluding carboxylic acids is 1. The molecule has 25 heavy (non-hydrogen) atoms. The number of rotatable bonds is 6. The lowest BCUT2D eigenvalue weighted by Crippen LogP contribution is -2.38. The van der Waals surface area contributed by atoms with Gasteiger partial charge in [0.05, 0.1) is 27.3 Å². The normalized spacial score (nSPS) is 12.5. The van der Waals surface area contributed by atoms with Crippen molar-refractivity contribution in [3.05, 3.63) is 53.6 Å². The molecule has 1 heterocycles. The fourth-order valence-electron chi connectivity index (χ4n) is 2.84. The molecule has 2 aromatic carbocycles. The Morgan fingerprint density at radius 1 is 1.04 bits per heavy atom. The third-order valence-corrected chi connectivity index (χ3v) is 4.15. The van der Waals surface area contributed by atoms with Gasteiger partial charge in [0, 0.05) is 12.1 Å². The summed E-state index contributed by atoms with van der Waals surface area (Å²) in [5.74, 6) is 2.36. The molecule has 0 fully saturated rings. The molecule has 0 unspecified atom stereocenters. The Bertz CT molecular complexity index is 731. The smallest absolute Gasteiger partial charge is 0.318 e. The van der Waals surface area contributed by atoms with E-state index in [9.17, 15) is 4.79 Å². The lowest BCUT2D eigenvalue weighted by molar-refractivity contribution is 0.195. The number of hydrogen-bond donors (Lipinski definition) is 1. The standard InChI is InChI=1S/C19H22N2O4/c1-23-15-6-8-16(9-7-15)25-11-10-20-19(22)21-12-14-4-3-5-18(24-2)17(14)13-21/h3-9H,10-13H2,1-2H3,(H,20,22). The van der Waals surface area contributed by atoms with E-state index in [-0.39, 0.29) is 6.03 Å². The van der Waals surface area contributed by atoms with E-state index >= 15 is 0 Å². The zero-order chi connectivity index (χ0) is 17.6. The van der Waals surface area contributed by atoms with Gasteiger partial charge < -0.3 is 24.4 Å². The molecule has 3 rings (SSSR count). The molecule has 0 spiro atoms. The molecule has 0 aromatic heterocycles. The zero-order valence-corrected chi connectivity index (χ0v) is 14.5. The summed E-state index contributed by atoms with van der Waals surface area (Å²) in [6.45, 7) is 2.00. The van der Waals surface area contributed by atoms with E-state index < -0.39 is 0 Å². The highest BCUT2D eigenvalue weighted by atomic mass is 16.5. The van der Waals surface area contributed by atoms with Crippen LogP contribution >= 0.6 is 0 Å². The number of benzene rings is 2. The van der Waals surface area contributed by atoms with Crippen LogP contribution in [0.25, 0.3) is 0 Å². The summed E-state index contributed by atoms with van der Waals surface area (Å²) in [5, 5.41) is 2.89. The first-order chi connectivity index (χ1) is 12.2. The van der Waals surface area contributed by atoms with Crippen LogP contribution in [0.15, 0.2) is 42.5 Å². The van der Waals surface area contributed by atoms with E-state index in [4.69, 9.17) is 14.2 Å². The van der Waals surface area contributed by atoms with Crippen LogP contribution in [0.1, 0.15) is 11.1 Å². The topological polar surface area (TPSA) is 60.0 Å². The largest absolute Gasteiger partial charge is 0.497 e. The van der Waals surface area contributed by atoms with Crippen molar-refractivity contribution in [2.24, 2.45) is 0 Å². The van der Waals surface area contributed by atoms with Gasteiger partial charge in [0.25, 0.3) is 0 Å². The predicted octanol–water partition coefficient (Wildman–Crippen LogP) is 2.81. The number of amides is 2. The molecule has 132 valence electrons. The Balaban J connectivity index is 1.44. The van der Waals surface area contributed by atoms with Gasteiger partial charge in [0.15, 0.2) is 0 Å². The van der Waals surface area contributed by atoms with Crippen LogP contribution in [0.3, 0.4) is 0 Å². The van der Waals surface area contributed by atoms with E-state index in [0.717, 1.165) is 28.4 Å². The number of methoxy groups -OCH3 is 2. The second kappa shape index (κ2) is 7.79. The van der Waals surface area contributed by atoms with Crippen LogP contribution < -0.4 is 19.5 Å². The fourth-order valence-corrected chi connectivity index (χ4v) is 2.84. The Morgan fingerprint density at radius 2 is 1.80 bits per heavy atom. The third kappa shape index (κ3) is 3.96. The minimum Gasteiger partial charge on any atom is -0.497 e. The SMILES string of the molecule is COc1ccc(OCCNC(=O)N2Cc3cccc(OC)c3C2)cc1. The van der Waals surface area contributed by atoms with Crippen LogP contribution in [0.5, 0.6) is 17.2 Å². The van der Waals surface area contributed by atoms with Crippen LogP contribution in [0, 0.1) is 0 Å². The van der Waals surface area contributed by atoms with Crippen molar-refractivity contribution in [1.82, 2.24) is 10.2 Å². The van der Waals surface area contributed by atoms with Crippen LogP contribution in [0.4, 0.5) is 4.79 Å². The second-order valence-corrected chi connectivity index (χ2v) is 5.71. The Morgan fingerprint density at radius 3 is 2.52 bits per heavy atom. The summed E-state index contributed by atoms with van der Waals surface area (Å²) in [7, 11) is 3.27. The summed E-state index contributed by atoms with van der Waals surface area (Å²) in [5.41, 5.74) is 2.21. The molecule has 0 bridgehead atoms. The first-order valence-electron chi connectivity index (χ1n) is 8.15. The quantitative estimate of drug-likeness (QED) is 0.820. The highest BCUT2D eigenvalue weighted by Crippen LogP contribution is 2.30. The first kappa shape index (κ1) is 17.0. The number of hydrogen-bond acceptors (Lipinski definition) is 4. The number of nitrogens with one attached hydrogen (secondary N) is 1. The van der Waals surface area contributed by atoms with Gasteiger partial charge in [-0.15, -0.1) is 0 Å². The van der Waals surface area contributed by atoms with Crippen LogP contribution in [-0.4, -0.2) is 38.3 Å². The maximum Gasteiger partial charge on any atom is 0.318 e. The van der Waals surface area contributed by atoms with Gasteiger partial charge >= 0.3 is 6.03 Å². The van der Waals surface area contributed by atoms with Gasteiger partial charge in [-0.25, -0.2) is 4.79 Å². The summed E-state index contributed by atoms with van der Waals surface area (Å²) in [4.78, 5) is 14.1. The molecule has 2 amide bonds. The predicted molar refractivity (Wildman–Crippen MR) is 94.1 cm³/mol. The van der Waals surface area contributed by atoms with Gasteiger partial charge in [0.1, 0.15) is 23.9 Å². The van der Waals surface area contributed by atoms with E-state index in [1.165, 1.54) is 0 Å². The highest BCUT2D eigenvalue weighted by Gasteiger charge is 2.25. The van der Waals surface area contributed by atoms with Gasteiger partial charge in [-0.2, -0.15) is 0 Å². The third-order valence-electron chi connectivity index (χ3n) is 4.15. The average Bonchev–Trinajstić information content (AvgIpc) is 3.10. The second-order valence-electron chi connectivity index (χ2n) is 5.71. The molecule has 0 saturated carbocycles. The summed E-state index contributed by atoms with van der Waals surface area (Å²) < 4.78 is 16.1. The minimum absolute atomic E-state index is 0.100. The van der Waals surface area contributed by atoms with Crippen molar-refractivity contribution in [3.63, 3.8) is 0 Å². The van der Waals surface area contributed by atoms with Gasteiger partial charge in [-0.05, 0) is 35.9 Å². The summed E-state index contributed by atoms with van der Waals surface area (Å²) in [6, 6.07) is 13.1. The van der Waals surface area contributed by atoms with E-state index in [0.29, 0.717) is 26.2 Å². The lowest BCUT2D eigenvalue weighted by Gasteiger charge is -2.16. The Hall–Kier alpha value is -2.89. The van der Waals surface area contributed by atoms with Crippen LogP contribution in [-0.2, 0) is 13.1 Å². The fraction of sp³-hybridized carbons (Fsp3) is 0.316. The van der Waals surface area contributed by atoms with Crippen molar-refractivity contribution >= 4 is 6.03 Å². The molecule has 0 radical (unpaired) electrons. The number of nitrogens with zero attached hydrogens (tertiary/aromatic N) is 1. The maximum atomic E-state index is 12.3. The van der Waals surface area contributed by atoms with Crippen molar-refractivity contribution in [2.45, 2.75) is 13.1 Å². The molecular weight excluding hydrogens is 320 g/mol. The highest BCUT2D eigenvalue weighted by molar-refractivity contribution is 5.75. The molecule has 1 N–H and O–H groups in total. The van der Waals surface area contributed by atoms with Crippen LogP contribution in [0.2, 0.25) is 0 Å². The summed E-state index contributed by atoms with van der Waals surface area (Å²) >= 11 is 0. The van der Waals surface area contributed by atoms with Crippen molar-refractivity contribution < 1.29 is 19.0 Å². The van der Waals surface area contributed by atoms with E-state index in [1.54, 1.807) is 19.1 Å². The van der Waals surface area contributed by atoms with Gasteiger partial charge in [0.2, 0.25) is 0 Å². The van der Waals surface area contributed by atoms with Gasteiger partial charge in [-0.3, -0.25) is 0 Å². The Labute approximate surface area is 147 Å². The van der Waals surface area contributed by atoms with E-state index in [2.05, 4.69) is 5.32 Å².